The van der Waals surface area contributed by atoms with Crippen LogP contribution in [-0.4, -0.2) is 24.3 Å². The number of benzene rings is 2. The van der Waals surface area contributed by atoms with E-state index in [9.17, 15) is 18.8 Å². The maximum atomic E-state index is 12.9. The third kappa shape index (κ3) is 4.87. The van der Waals surface area contributed by atoms with Crippen LogP contribution < -0.4 is 0 Å². The van der Waals surface area contributed by atoms with E-state index < -0.39 is 17.8 Å². The van der Waals surface area contributed by atoms with Gasteiger partial charge >= 0.3 is 11.9 Å². The van der Waals surface area contributed by atoms with Crippen molar-refractivity contribution >= 4 is 28.7 Å². The number of carbonyl (C=O) groups excluding carboxylic acids is 3. The van der Waals surface area contributed by atoms with Crippen molar-refractivity contribution in [3.63, 3.8) is 0 Å². The van der Waals surface area contributed by atoms with Gasteiger partial charge in [-0.05, 0) is 37.3 Å². The smallest absolute Gasteiger partial charge is 0.374 e. The number of hydrogen-bond donors (Lipinski definition) is 0. The van der Waals surface area contributed by atoms with Crippen LogP contribution in [-0.2, 0) is 20.9 Å². The average Bonchev–Trinajstić information content (AvgIpc) is 3.10. The Balaban J connectivity index is 1.64. The normalized spacial score (nSPS) is 10.7. The van der Waals surface area contributed by atoms with E-state index >= 15 is 0 Å². The van der Waals surface area contributed by atoms with Crippen molar-refractivity contribution in [3.8, 4) is 0 Å². The first-order valence-electron chi connectivity index (χ1n) is 9.11. The Bertz CT molecular complexity index is 1040. The molecule has 3 aromatic rings. The SMILES string of the molecule is CCOC(=O)c1oc2ccccc2c1COC(=O)CCC(=O)c1ccc(F)cc1. The number of Topliss-reactive ketones (excluding diaryl/α,β-unsaturated/α-hetero) is 1. The lowest BCUT2D eigenvalue weighted by atomic mass is 10.1. The van der Waals surface area contributed by atoms with E-state index in [2.05, 4.69) is 0 Å². The third-order valence-electron chi connectivity index (χ3n) is 4.26. The fourth-order valence-electron chi connectivity index (χ4n) is 2.82. The van der Waals surface area contributed by atoms with Crippen molar-refractivity contribution in [2.75, 3.05) is 6.61 Å². The highest BCUT2D eigenvalue weighted by Gasteiger charge is 2.22. The summed E-state index contributed by atoms with van der Waals surface area (Å²) < 4.78 is 28.7. The molecule has 0 fully saturated rings. The Labute approximate surface area is 166 Å². The van der Waals surface area contributed by atoms with Crippen LogP contribution in [0.5, 0.6) is 0 Å². The molecule has 0 aliphatic heterocycles. The summed E-state index contributed by atoms with van der Waals surface area (Å²) in [7, 11) is 0. The molecule has 0 bridgehead atoms. The number of para-hydroxylation sites is 1. The number of rotatable bonds is 8. The molecule has 0 aliphatic carbocycles. The molecule has 2 aromatic carbocycles. The molecular weight excluding hydrogens is 379 g/mol. The lowest BCUT2D eigenvalue weighted by Gasteiger charge is -2.06. The molecule has 29 heavy (non-hydrogen) atoms. The first-order chi connectivity index (χ1) is 14.0. The maximum Gasteiger partial charge on any atom is 0.374 e. The van der Waals surface area contributed by atoms with E-state index in [1.54, 1.807) is 31.2 Å². The largest absolute Gasteiger partial charge is 0.461 e. The van der Waals surface area contributed by atoms with Crippen molar-refractivity contribution < 1.29 is 32.7 Å². The van der Waals surface area contributed by atoms with Gasteiger partial charge in [0.15, 0.2) is 5.78 Å². The van der Waals surface area contributed by atoms with E-state index in [-0.39, 0.29) is 37.6 Å². The zero-order chi connectivity index (χ0) is 20.8. The summed E-state index contributed by atoms with van der Waals surface area (Å²) in [6.07, 6.45) is -0.206. The van der Waals surface area contributed by atoms with Crippen molar-refractivity contribution in [2.24, 2.45) is 0 Å². The summed E-state index contributed by atoms with van der Waals surface area (Å²) >= 11 is 0. The standard InChI is InChI=1S/C22H19FO6/c1-2-27-22(26)21-17(16-5-3-4-6-19(16)29-21)13-28-20(25)12-11-18(24)14-7-9-15(23)10-8-14/h3-10H,2,11-13H2,1H3. The van der Waals surface area contributed by atoms with Gasteiger partial charge in [0.2, 0.25) is 5.76 Å². The molecule has 0 amide bonds. The van der Waals surface area contributed by atoms with Gasteiger partial charge in [0.25, 0.3) is 0 Å². The molecule has 6 nitrogen and oxygen atoms in total. The summed E-state index contributed by atoms with van der Waals surface area (Å²) in [5.41, 5.74) is 1.22. The Morgan fingerprint density at radius 3 is 2.41 bits per heavy atom. The first kappa shape index (κ1) is 20.3. The number of hydrogen-bond acceptors (Lipinski definition) is 6. The van der Waals surface area contributed by atoms with Crippen molar-refractivity contribution in [3.05, 3.63) is 71.2 Å². The quantitative estimate of drug-likeness (QED) is 0.412. The second-order valence-electron chi connectivity index (χ2n) is 6.22. The molecule has 0 saturated carbocycles. The molecule has 1 heterocycles. The van der Waals surface area contributed by atoms with E-state index in [1.807, 2.05) is 0 Å². The van der Waals surface area contributed by atoms with Crippen LogP contribution in [0, 0.1) is 5.82 Å². The molecule has 1 aromatic heterocycles. The summed E-state index contributed by atoms with van der Waals surface area (Å²) in [5, 5.41) is 0.644. The summed E-state index contributed by atoms with van der Waals surface area (Å²) in [4.78, 5) is 36.3. The fourth-order valence-corrected chi connectivity index (χ4v) is 2.82. The van der Waals surface area contributed by atoms with Crippen LogP contribution in [0.3, 0.4) is 0 Å². The molecule has 3 rings (SSSR count). The van der Waals surface area contributed by atoms with Gasteiger partial charge in [0.05, 0.1) is 18.6 Å². The summed E-state index contributed by atoms with van der Waals surface area (Å²) in [6, 6.07) is 12.1. The molecule has 0 unspecified atom stereocenters. The predicted octanol–water partition coefficient (Wildman–Crippen LogP) is 4.45. The Hall–Kier alpha value is -3.48. The molecule has 0 saturated heterocycles. The van der Waals surface area contributed by atoms with Crippen LogP contribution in [0.15, 0.2) is 52.9 Å². The zero-order valence-electron chi connectivity index (χ0n) is 15.8. The van der Waals surface area contributed by atoms with Gasteiger partial charge in [-0.1, -0.05) is 18.2 Å². The Kier molecular flexibility index (Phi) is 6.39. The monoisotopic (exact) mass is 398 g/mol. The molecular formula is C22H19FO6. The lowest BCUT2D eigenvalue weighted by Crippen LogP contribution is -2.11. The minimum Gasteiger partial charge on any atom is -0.461 e. The molecule has 0 aliphatic rings. The third-order valence-corrected chi connectivity index (χ3v) is 4.26. The van der Waals surface area contributed by atoms with Gasteiger partial charge in [0, 0.05) is 17.4 Å². The van der Waals surface area contributed by atoms with Crippen LogP contribution in [0.4, 0.5) is 4.39 Å². The van der Waals surface area contributed by atoms with E-state index in [1.165, 1.54) is 24.3 Å². The molecule has 150 valence electrons. The number of fused-ring (bicyclic) bond motifs is 1. The fraction of sp³-hybridized carbons (Fsp3) is 0.227. The predicted molar refractivity (Wildman–Crippen MR) is 102 cm³/mol. The second-order valence-corrected chi connectivity index (χ2v) is 6.22. The highest BCUT2D eigenvalue weighted by atomic mass is 19.1. The number of halogens is 1. The zero-order valence-corrected chi connectivity index (χ0v) is 15.8. The maximum absolute atomic E-state index is 12.9. The van der Waals surface area contributed by atoms with Gasteiger partial charge in [-0.3, -0.25) is 9.59 Å². The van der Waals surface area contributed by atoms with Gasteiger partial charge in [-0.25, -0.2) is 9.18 Å². The second kappa shape index (κ2) is 9.14. The number of furan rings is 1. The van der Waals surface area contributed by atoms with E-state index in [0.717, 1.165) is 0 Å². The topological polar surface area (TPSA) is 82.8 Å². The minimum absolute atomic E-state index is 0.0109. The highest BCUT2D eigenvalue weighted by Crippen LogP contribution is 2.27. The average molecular weight is 398 g/mol. The minimum atomic E-state index is -0.638. The molecule has 0 atom stereocenters. The summed E-state index contributed by atoms with van der Waals surface area (Å²) in [5.74, 6) is -1.97. The first-order valence-corrected chi connectivity index (χ1v) is 9.11. The highest BCUT2D eigenvalue weighted by molar-refractivity contribution is 5.98. The number of ketones is 1. The van der Waals surface area contributed by atoms with Crippen molar-refractivity contribution in [1.82, 2.24) is 0 Å². The summed E-state index contributed by atoms with van der Waals surface area (Å²) in [6.45, 7) is 1.67. The Morgan fingerprint density at radius 2 is 1.69 bits per heavy atom. The molecule has 7 heteroatoms. The number of esters is 2. The van der Waals surface area contributed by atoms with E-state index in [0.29, 0.717) is 22.1 Å². The van der Waals surface area contributed by atoms with Gasteiger partial charge in [-0.15, -0.1) is 0 Å². The lowest BCUT2D eigenvalue weighted by molar-refractivity contribution is -0.144. The van der Waals surface area contributed by atoms with Crippen molar-refractivity contribution in [1.29, 1.82) is 0 Å². The Morgan fingerprint density at radius 1 is 0.966 bits per heavy atom. The number of ether oxygens (including phenoxy) is 2. The van der Waals surface area contributed by atoms with Gasteiger partial charge in [-0.2, -0.15) is 0 Å². The van der Waals surface area contributed by atoms with Crippen LogP contribution in [0.1, 0.15) is 46.2 Å². The van der Waals surface area contributed by atoms with Crippen molar-refractivity contribution in [2.45, 2.75) is 26.4 Å². The molecule has 0 N–H and O–H groups in total. The number of carbonyl (C=O) groups is 3. The van der Waals surface area contributed by atoms with Crippen LogP contribution in [0.2, 0.25) is 0 Å². The molecule has 0 radical (unpaired) electrons. The van der Waals surface area contributed by atoms with Crippen LogP contribution >= 0.6 is 0 Å². The molecule has 0 spiro atoms. The van der Waals surface area contributed by atoms with Gasteiger partial charge in [0.1, 0.15) is 18.0 Å². The van der Waals surface area contributed by atoms with Crippen LogP contribution in [0.25, 0.3) is 11.0 Å². The van der Waals surface area contributed by atoms with Gasteiger partial charge < -0.3 is 13.9 Å². The van der Waals surface area contributed by atoms with E-state index in [4.69, 9.17) is 13.9 Å².